The summed E-state index contributed by atoms with van der Waals surface area (Å²) in [5, 5.41) is 2.78. The molecule has 266 valence electrons. The molecule has 2 aromatic heterocycles. The average Bonchev–Trinajstić information content (AvgIpc) is 3.64. The summed E-state index contributed by atoms with van der Waals surface area (Å²) in [6.45, 7) is 15.5. The summed E-state index contributed by atoms with van der Waals surface area (Å²) >= 11 is 0. The highest BCUT2D eigenvalue weighted by Gasteiger charge is 2.48. The van der Waals surface area contributed by atoms with Crippen molar-refractivity contribution in [2.24, 2.45) is 0 Å². The molecule has 1 aliphatic heterocycles. The number of nitrogens with zero attached hydrogens (tertiary/aromatic N) is 5. The Morgan fingerprint density at radius 3 is 2.54 bits per heavy atom. The molecule has 1 amide bonds. The second-order valence-electron chi connectivity index (χ2n) is 12.9. The van der Waals surface area contributed by atoms with Crippen LogP contribution in [-0.4, -0.2) is 91.3 Å². The lowest BCUT2D eigenvalue weighted by atomic mass is 10.1. The van der Waals surface area contributed by atoms with E-state index in [2.05, 4.69) is 73.4 Å². The molecule has 0 bridgehead atoms. The van der Waals surface area contributed by atoms with Crippen LogP contribution in [0.5, 0.6) is 5.75 Å². The highest BCUT2D eigenvalue weighted by atomic mass is 33.1. The molecule has 3 heterocycles. The van der Waals surface area contributed by atoms with Gasteiger partial charge in [0.05, 0.1) is 19.0 Å². The molecule has 1 aliphatic rings. The molecule has 48 heavy (non-hydrogen) atoms. The zero-order valence-corrected chi connectivity index (χ0v) is 31.7. The third kappa shape index (κ3) is 10.7. The second-order valence-corrected chi connectivity index (χ2v) is 17.5. The molecular weight excluding hydrogens is 672 g/mol. The quantitative estimate of drug-likeness (QED) is 0.0795. The standard InChI is InChI=1S/C33H51N6O6PS2/c1-22(2)39(23(3)4)46(43-17-13-14-18-47-48-33(6,7)8)45-28-24(5)44-32(29(28)41-9)38-21-36-27-30(34-20-35-31(27)38)37-26(40)19-42-25-15-11-10-12-16-25/h10-12,15-16,20-24,28-29,32H,13-14,17-19H2,1-9H3,(H,34,35,37,40)/t24-,28+,29?,32-,46?/m1/s1/i5D. The number of ether oxygens (including phenoxy) is 3. The fourth-order valence-corrected chi connectivity index (χ4v) is 9.36. The largest absolute Gasteiger partial charge is 0.484 e. The second kappa shape index (κ2) is 18.3. The van der Waals surface area contributed by atoms with E-state index in [0.29, 0.717) is 23.5 Å². The number of hydrogen-bond donors (Lipinski definition) is 1. The number of unbranched alkanes of at least 4 members (excludes halogenated alkanes) is 1. The number of anilines is 1. The number of nitrogens with one attached hydrogen (secondary N) is 1. The van der Waals surface area contributed by atoms with Crippen LogP contribution in [0.1, 0.15) is 75.8 Å². The maximum absolute atomic E-state index is 12.7. The molecule has 2 unspecified atom stereocenters. The Balaban J connectivity index is 1.48. The van der Waals surface area contributed by atoms with Gasteiger partial charge >= 0.3 is 0 Å². The van der Waals surface area contributed by atoms with Crippen LogP contribution in [0.4, 0.5) is 5.82 Å². The first kappa shape index (κ1) is 37.2. The van der Waals surface area contributed by atoms with E-state index >= 15 is 0 Å². The molecule has 12 nitrogen and oxygen atoms in total. The number of aromatic nitrogens is 4. The molecule has 1 fully saturated rings. The van der Waals surface area contributed by atoms with Crippen molar-refractivity contribution in [2.45, 2.75) is 110 Å². The van der Waals surface area contributed by atoms with Crippen molar-refractivity contribution in [3.63, 3.8) is 0 Å². The van der Waals surface area contributed by atoms with Crippen LogP contribution in [0.3, 0.4) is 0 Å². The number of carbonyl (C=O) groups is 1. The first-order valence-corrected chi connectivity index (χ1v) is 19.7. The predicted octanol–water partition coefficient (Wildman–Crippen LogP) is 7.48. The van der Waals surface area contributed by atoms with E-state index < -0.39 is 33.1 Å². The van der Waals surface area contributed by atoms with Gasteiger partial charge in [-0.15, -0.1) is 0 Å². The lowest BCUT2D eigenvalue weighted by molar-refractivity contribution is -0.118. The molecule has 0 spiro atoms. The topological polar surface area (TPSA) is 122 Å². The van der Waals surface area contributed by atoms with E-state index in [9.17, 15) is 4.79 Å². The summed E-state index contributed by atoms with van der Waals surface area (Å²) in [6.07, 6.45) is 2.42. The highest BCUT2D eigenvalue weighted by Crippen LogP contribution is 2.50. The van der Waals surface area contributed by atoms with Gasteiger partial charge < -0.3 is 28.6 Å². The Morgan fingerprint density at radius 2 is 1.88 bits per heavy atom. The van der Waals surface area contributed by atoms with Crippen molar-refractivity contribution in [3.8, 4) is 5.75 Å². The van der Waals surface area contributed by atoms with Crippen molar-refractivity contribution in [1.29, 1.82) is 0 Å². The summed E-state index contributed by atoms with van der Waals surface area (Å²) in [5.74, 6) is 1.51. The van der Waals surface area contributed by atoms with Crippen LogP contribution in [0.25, 0.3) is 11.2 Å². The van der Waals surface area contributed by atoms with E-state index in [1.165, 1.54) is 6.33 Å². The molecule has 1 N–H and O–H groups in total. The molecule has 4 rings (SSSR count). The molecule has 0 aliphatic carbocycles. The van der Waals surface area contributed by atoms with E-state index in [1.54, 1.807) is 30.1 Å². The van der Waals surface area contributed by atoms with Gasteiger partial charge in [-0.25, -0.2) is 19.6 Å². The third-order valence-electron chi connectivity index (χ3n) is 7.15. The van der Waals surface area contributed by atoms with E-state index in [1.807, 2.05) is 39.8 Å². The number of methoxy groups -OCH3 is 1. The first-order chi connectivity index (χ1) is 23.4. The number of imidazole rings is 1. The Bertz CT molecular complexity index is 1440. The molecule has 15 heteroatoms. The van der Waals surface area contributed by atoms with Crippen LogP contribution in [0, 0.1) is 0 Å². The molecule has 0 radical (unpaired) electrons. The fraction of sp³-hybridized carbons (Fsp3) is 0.636. The first-order valence-electron chi connectivity index (χ1n) is 17.0. The summed E-state index contributed by atoms with van der Waals surface area (Å²) in [7, 11) is 3.91. The Hall–Kier alpha value is -2.03. The lowest BCUT2D eigenvalue weighted by Crippen LogP contribution is -2.39. The SMILES string of the molecule is [2H]C[C@H]1O[C@@H](n2cnc3c(NC(=O)COc4ccccc4)ncnc32)C(OC)[C@H]1OP(OCCCCSSC(C)(C)C)N(C(C)C)C(C)C. The van der Waals surface area contributed by atoms with Crippen molar-refractivity contribution in [1.82, 2.24) is 24.2 Å². The van der Waals surface area contributed by atoms with E-state index in [4.69, 9.17) is 24.6 Å². The van der Waals surface area contributed by atoms with Gasteiger partial charge in [0, 0.05) is 31.1 Å². The maximum atomic E-state index is 12.7. The van der Waals surface area contributed by atoms with E-state index in [-0.39, 0.29) is 42.1 Å². The minimum Gasteiger partial charge on any atom is -0.484 e. The maximum Gasteiger partial charge on any atom is 0.263 e. The molecular formula is C33H51N6O6PS2. The Kier molecular flexibility index (Phi) is 14.2. The van der Waals surface area contributed by atoms with Gasteiger partial charge in [-0.3, -0.25) is 9.36 Å². The van der Waals surface area contributed by atoms with Crippen LogP contribution in [0.2, 0.25) is 0 Å². The summed E-state index contributed by atoms with van der Waals surface area (Å²) in [4.78, 5) is 26.0. The van der Waals surface area contributed by atoms with Gasteiger partial charge in [0.25, 0.3) is 14.4 Å². The summed E-state index contributed by atoms with van der Waals surface area (Å²) < 4.78 is 43.9. The number of fused-ring (bicyclic) bond motifs is 1. The van der Waals surface area contributed by atoms with Crippen LogP contribution < -0.4 is 10.1 Å². The van der Waals surface area contributed by atoms with Crippen LogP contribution in [0.15, 0.2) is 43.0 Å². The van der Waals surface area contributed by atoms with Crippen molar-refractivity contribution < 1.29 is 29.4 Å². The number of amides is 1. The van der Waals surface area contributed by atoms with Gasteiger partial charge in [0.2, 0.25) is 0 Å². The average molecular weight is 724 g/mol. The smallest absolute Gasteiger partial charge is 0.263 e. The van der Waals surface area contributed by atoms with Gasteiger partial charge in [-0.1, -0.05) is 60.6 Å². The summed E-state index contributed by atoms with van der Waals surface area (Å²) in [6, 6.07) is 9.43. The predicted molar refractivity (Wildman–Crippen MR) is 195 cm³/mol. The lowest BCUT2D eigenvalue weighted by Gasteiger charge is -2.38. The number of carbonyl (C=O) groups excluding carboxylic acids is 1. The van der Waals surface area contributed by atoms with Crippen molar-refractivity contribution >= 4 is 53.0 Å². The highest BCUT2D eigenvalue weighted by molar-refractivity contribution is 8.77. The monoisotopic (exact) mass is 723 g/mol. The number of para-hydroxylation sites is 1. The zero-order valence-electron chi connectivity index (χ0n) is 30.2. The van der Waals surface area contributed by atoms with Crippen LogP contribution in [-0.2, 0) is 23.3 Å². The molecule has 1 aromatic carbocycles. The van der Waals surface area contributed by atoms with Gasteiger partial charge in [0.15, 0.2) is 29.8 Å². The van der Waals surface area contributed by atoms with Crippen molar-refractivity contribution in [3.05, 3.63) is 43.0 Å². The fourth-order valence-electron chi connectivity index (χ4n) is 5.13. The Labute approximate surface area is 295 Å². The number of hydrogen-bond acceptors (Lipinski definition) is 12. The third-order valence-corrected chi connectivity index (χ3v) is 12.7. The summed E-state index contributed by atoms with van der Waals surface area (Å²) in [5.41, 5.74) is 0.828. The number of rotatable bonds is 18. The van der Waals surface area contributed by atoms with Gasteiger partial charge in [-0.05, 0) is 59.6 Å². The minimum atomic E-state index is -1.50. The number of benzene rings is 1. The molecule has 5 atom stereocenters. The van der Waals surface area contributed by atoms with Gasteiger partial charge in [-0.2, -0.15) is 0 Å². The molecule has 0 saturated carbocycles. The molecule has 3 aromatic rings. The zero-order chi connectivity index (χ0) is 35.6. The normalized spacial score (nSPS) is 20.9. The molecule has 1 saturated heterocycles. The van der Waals surface area contributed by atoms with Gasteiger partial charge in [0.1, 0.15) is 24.3 Å². The van der Waals surface area contributed by atoms with E-state index in [0.717, 1.165) is 18.6 Å². The minimum absolute atomic E-state index is 0.0411. The van der Waals surface area contributed by atoms with Crippen molar-refractivity contribution in [2.75, 3.05) is 31.4 Å². The Morgan fingerprint density at radius 1 is 1.12 bits per heavy atom. The van der Waals surface area contributed by atoms with Crippen LogP contribution >= 0.6 is 30.1 Å².